The summed E-state index contributed by atoms with van der Waals surface area (Å²) in [6, 6.07) is 13.6. The largest absolute Gasteiger partial charge is 0.497 e. The van der Waals surface area contributed by atoms with Crippen LogP contribution in [0.15, 0.2) is 53.3 Å². The summed E-state index contributed by atoms with van der Waals surface area (Å²) in [6.07, 6.45) is 0. The van der Waals surface area contributed by atoms with E-state index >= 15 is 0 Å². The molecule has 7 heteroatoms. The van der Waals surface area contributed by atoms with Crippen molar-refractivity contribution in [1.82, 2.24) is 14.9 Å². The van der Waals surface area contributed by atoms with Crippen molar-refractivity contribution < 1.29 is 14.3 Å². The minimum absolute atomic E-state index is 0.153. The number of nitrogens with one attached hydrogen (secondary N) is 1. The lowest BCUT2D eigenvalue weighted by atomic mass is 10.1. The van der Waals surface area contributed by atoms with Crippen LogP contribution < -0.4 is 15.6 Å². The molecule has 3 rings (SSSR count). The van der Waals surface area contributed by atoms with Crippen molar-refractivity contribution in [3.05, 3.63) is 70.3 Å². The SMILES string of the molecule is COCCn1c(C(C)NC(=O)c2cccc(OC)c2)nc2ccccc2c1=O. The maximum Gasteiger partial charge on any atom is 0.261 e. The minimum atomic E-state index is -0.479. The average Bonchev–Trinajstić information content (AvgIpc) is 2.73. The number of amides is 1. The molecule has 0 aliphatic rings. The van der Waals surface area contributed by atoms with E-state index in [1.54, 1.807) is 68.2 Å². The van der Waals surface area contributed by atoms with Gasteiger partial charge in [-0.2, -0.15) is 0 Å². The van der Waals surface area contributed by atoms with E-state index in [4.69, 9.17) is 9.47 Å². The summed E-state index contributed by atoms with van der Waals surface area (Å²) in [5, 5.41) is 3.45. The van der Waals surface area contributed by atoms with Crippen molar-refractivity contribution in [3.63, 3.8) is 0 Å². The molecular formula is C21H23N3O4. The van der Waals surface area contributed by atoms with Crippen LogP contribution in [0.4, 0.5) is 0 Å². The first-order chi connectivity index (χ1) is 13.5. The Labute approximate surface area is 162 Å². The van der Waals surface area contributed by atoms with E-state index in [-0.39, 0.29) is 11.5 Å². The molecule has 1 unspecified atom stereocenters. The van der Waals surface area contributed by atoms with Gasteiger partial charge in [-0.15, -0.1) is 0 Å². The predicted octanol–water partition coefficient (Wildman–Crippen LogP) is 2.54. The number of carbonyl (C=O) groups is 1. The number of benzene rings is 2. The van der Waals surface area contributed by atoms with E-state index in [1.807, 2.05) is 6.07 Å². The van der Waals surface area contributed by atoms with Crippen LogP contribution in [0.2, 0.25) is 0 Å². The van der Waals surface area contributed by atoms with Gasteiger partial charge in [-0.05, 0) is 37.3 Å². The molecule has 0 radical (unpaired) electrons. The molecule has 2 aromatic carbocycles. The second-order valence-electron chi connectivity index (χ2n) is 6.36. The Balaban J connectivity index is 1.96. The van der Waals surface area contributed by atoms with Crippen molar-refractivity contribution in [3.8, 4) is 5.75 Å². The molecule has 1 amide bonds. The number of nitrogens with zero attached hydrogens (tertiary/aromatic N) is 2. The van der Waals surface area contributed by atoms with Gasteiger partial charge in [-0.1, -0.05) is 18.2 Å². The van der Waals surface area contributed by atoms with Gasteiger partial charge >= 0.3 is 0 Å². The van der Waals surface area contributed by atoms with Crippen LogP contribution in [-0.2, 0) is 11.3 Å². The Hall–Kier alpha value is -3.19. The van der Waals surface area contributed by atoms with Crippen molar-refractivity contribution in [1.29, 1.82) is 0 Å². The standard InChI is InChI=1S/C21H23N3O4/c1-14(22-20(25)15-7-6-8-16(13-15)28-3)19-23-18-10-5-4-9-17(18)21(26)24(19)11-12-27-2/h4-10,13-14H,11-12H2,1-3H3,(H,22,25). The Kier molecular flexibility index (Phi) is 6.06. The van der Waals surface area contributed by atoms with Gasteiger partial charge in [-0.25, -0.2) is 4.98 Å². The molecule has 1 N–H and O–H groups in total. The van der Waals surface area contributed by atoms with Crippen LogP contribution in [0.1, 0.15) is 29.1 Å². The van der Waals surface area contributed by atoms with Crippen LogP contribution in [0.3, 0.4) is 0 Å². The number of ether oxygens (including phenoxy) is 2. The van der Waals surface area contributed by atoms with Crippen LogP contribution in [0, 0.1) is 0 Å². The fourth-order valence-electron chi connectivity index (χ4n) is 3.02. The molecule has 0 aliphatic carbocycles. The van der Waals surface area contributed by atoms with Gasteiger partial charge in [-0.3, -0.25) is 14.2 Å². The summed E-state index contributed by atoms with van der Waals surface area (Å²) in [5.41, 5.74) is 0.913. The van der Waals surface area contributed by atoms with Gasteiger partial charge < -0.3 is 14.8 Å². The van der Waals surface area contributed by atoms with Crippen molar-refractivity contribution >= 4 is 16.8 Å². The number of fused-ring (bicyclic) bond motifs is 1. The Morgan fingerprint density at radius 1 is 1.18 bits per heavy atom. The Morgan fingerprint density at radius 2 is 1.96 bits per heavy atom. The molecule has 0 saturated carbocycles. The van der Waals surface area contributed by atoms with Crippen LogP contribution in [0.25, 0.3) is 10.9 Å². The lowest BCUT2D eigenvalue weighted by Gasteiger charge is -2.19. The summed E-state index contributed by atoms with van der Waals surface area (Å²) >= 11 is 0. The number of carbonyl (C=O) groups excluding carboxylic acids is 1. The quantitative estimate of drug-likeness (QED) is 0.680. The molecular weight excluding hydrogens is 358 g/mol. The van der Waals surface area contributed by atoms with Crippen LogP contribution >= 0.6 is 0 Å². The van der Waals surface area contributed by atoms with Gasteiger partial charge in [0.15, 0.2) is 0 Å². The highest BCUT2D eigenvalue weighted by atomic mass is 16.5. The van der Waals surface area contributed by atoms with E-state index in [2.05, 4.69) is 10.3 Å². The maximum atomic E-state index is 12.9. The summed E-state index contributed by atoms with van der Waals surface area (Å²) in [7, 11) is 3.13. The smallest absolute Gasteiger partial charge is 0.261 e. The first kappa shape index (κ1) is 19.6. The summed E-state index contributed by atoms with van der Waals surface area (Å²) < 4.78 is 11.9. The highest BCUT2D eigenvalue weighted by Gasteiger charge is 2.19. The third-order valence-electron chi connectivity index (χ3n) is 4.48. The third-order valence-corrected chi connectivity index (χ3v) is 4.48. The van der Waals surface area contributed by atoms with Gasteiger partial charge in [0, 0.05) is 12.7 Å². The maximum absolute atomic E-state index is 12.9. The van der Waals surface area contributed by atoms with Crippen LogP contribution in [0.5, 0.6) is 5.75 Å². The van der Waals surface area contributed by atoms with Crippen molar-refractivity contribution in [2.24, 2.45) is 0 Å². The normalized spacial score (nSPS) is 12.0. The molecule has 0 bridgehead atoms. The molecule has 146 valence electrons. The molecule has 0 aliphatic heterocycles. The first-order valence-electron chi connectivity index (χ1n) is 8.98. The molecule has 0 saturated heterocycles. The topological polar surface area (TPSA) is 82.4 Å². The molecule has 28 heavy (non-hydrogen) atoms. The third kappa shape index (κ3) is 4.04. The van der Waals surface area contributed by atoms with E-state index in [0.29, 0.717) is 41.2 Å². The van der Waals surface area contributed by atoms with Crippen LogP contribution in [-0.4, -0.2) is 36.3 Å². The second-order valence-corrected chi connectivity index (χ2v) is 6.36. The lowest BCUT2D eigenvalue weighted by molar-refractivity contribution is 0.0936. The predicted molar refractivity (Wildman–Crippen MR) is 107 cm³/mol. The minimum Gasteiger partial charge on any atom is -0.497 e. The zero-order valence-corrected chi connectivity index (χ0v) is 16.1. The number of rotatable bonds is 7. The summed E-state index contributed by atoms with van der Waals surface area (Å²) in [5.74, 6) is 0.810. The fraction of sp³-hybridized carbons (Fsp3) is 0.286. The summed E-state index contributed by atoms with van der Waals surface area (Å²) in [6.45, 7) is 2.52. The van der Waals surface area contributed by atoms with E-state index in [1.165, 1.54) is 0 Å². The van der Waals surface area contributed by atoms with Gasteiger partial charge in [0.1, 0.15) is 11.6 Å². The highest BCUT2D eigenvalue weighted by Crippen LogP contribution is 2.16. The Morgan fingerprint density at radius 3 is 2.71 bits per heavy atom. The number of hydrogen-bond acceptors (Lipinski definition) is 5. The van der Waals surface area contributed by atoms with E-state index < -0.39 is 6.04 Å². The molecule has 3 aromatic rings. The first-order valence-corrected chi connectivity index (χ1v) is 8.98. The lowest BCUT2D eigenvalue weighted by Crippen LogP contribution is -2.34. The van der Waals surface area contributed by atoms with Gasteiger partial charge in [0.05, 0.1) is 37.2 Å². The number of para-hydroxylation sites is 1. The van der Waals surface area contributed by atoms with Gasteiger partial charge in [0.25, 0.3) is 11.5 Å². The monoisotopic (exact) mass is 381 g/mol. The molecule has 0 fully saturated rings. The molecule has 0 spiro atoms. The average molecular weight is 381 g/mol. The Bertz CT molecular complexity index is 1050. The van der Waals surface area contributed by atoms with Gasteiger partial charge in [0.2, 0.25) is 0 Å². The fourth-order valence-corrected chi connectivity index (χ4v) is 3.02. The number of methoxy groups -OCH3 is 2. The molecule has 1 atom stereocenters. The van der Waals surface area contributed by atoms with Crippen molar-refractivity contribution in [2.45, 2.75) is 19.5 Å². The zero-order valence-electron chi connectivity index (χ0n) is 16.1. The highest BCUT2D eigenvalue weighted by molar-refractivity contribution is 5.94. The zero-order chi connectivity index (χ0) is 20.1. The molecule has 1 aromatic heterocycles. The second kappa shape index (κ2) is 8.67. The molecule has 1 heterocycles. The van der Waals surface area contributed by atoms with E-state index in [9.17, 15) is 9.59 Å². The number of hydrogen-bond donors (Lipinski definition) is 1. The van der Waals surface area contributed by atoms with E-state index in [0.717, 1.165) is 0 Å². The summed E-state index contributed by atoms with van der Waals surface area (Å²) in [4.78, 5) is 30.2. The molecule has 7 nitrogen and oxygen atoms in total. The van der Waals surface area contributed by atoms with Crippen molar-refractivity contribution in [2.75, 3.05) is 20.8 Å². The number of aromatic nitrogens is 2.